The molecule has 2 heterocycles. The summed E-state index contributed by atoms with van der Waals surface area (Å²) in [4.78, 5) is 19.0. The molecule has 0 saturated heterocycles. The number of pyridine rings is 1. The molecule has 0 saturated carbocycles. The minimum absolute atomic E-state index is 0.0291. The summed E-state index contributed by atoms with van der Waals surface area (Å²) in [5.41, 5.74) is 3.87. The smallest absolute Gasteiger partial charge is 0.228 e. The molecule has 0 aliphatic heterocycles. The highest BCUT2D eigenvalue weighted by atomic mass is 35.5. The number of benzene rings is 1. The Labute approximate surface area is 181 Å². The maximum atomic E-state index is 13.2. The molecule has 1 amide bonds. The number of amides is 1. The van der Waals surface area contributed by atoms with E-state index in [1.807, 2.05) is 25.3 Å². The van der Waals surface area contributed by atoms with Crippen LogP contribution in [0.25, 0.3) is 5.69 Å². The van der Waals surface area contributed by atoms with Crippen molar-refractivity contribution in [2.75, 3.05) is 17.7 Å². The topological polar surface area (TPSA) is 51.0 Å². The zero-order valence-corrected chi connectivity index (χ0v) is 18.5. The maximum absolute atomic E-state index is 13.2. The molecule has 152 valence electrons. The first kappa shape index (κ1) is 21.4. The number of hydrogen-bond donors (Lipinski definition) is 0. The third-order valence-corrected chi connectivity index (χ3v) is 6.12. The van der Waals surface area contributed by atoms with Gasteiger partial charge in [0.05, 0.1) is 18.1 Å². The number of rotatable bonds is 8. The van der Waals surface area contributed by atoms with E-state index in [-0.39, 0.29) is 11.2 Å². The Morgan fingerprint density at radius 3 is 2.76 bits per heavy atom. The van der Waals surface area contributed by atoms with Gasteiger partial charge in [0.1, 0.15) is 5.69 Å². The molecule has 5 nitrogen and oxygen atoms in total. The van der Waals surface area contributed by atoms with Crippen molar-refractivity contribution in [2.45, 2.75) is 31.9 Å². The quantitative estimate of drug-likeness (QED) is 0.486. The summed E-state index contributed by atoms with van der Waals surface area (Å²) < 4.78 is 1.65. The van der Waals surface area contributed by atoms with Gasteiger partial charge in [-0.25, -0.2) is 4.68 Å². The number of anilines is 1. The van der Waals surface area contributed by atoms with Crippen molar-refractivity contribution >= 4 is 35.0 Å². The fourth-order valence-corrected chi connectivity index (χ4v) is 4.21. The average Bonchev–Trinajstić information content (AvgIpc) is 3.14. The molecule has 1 aromatic carbocycles. The fraction of sp³-hybridized carbons (Fsp3) is 0.318. The highest BCUT2D eigenvalue weighted by Gasteiger charge is 2.24. The third-order valence-electron chi connectivity index (χ3n) is 4.85. The molecule has 1 unspecified atom stereocenters. The predicted molar refractivity (Wildman–Crippen MR) is 121 cm³/mol. The lowest BCUT2D eigenvalue weighted by Crippen LogP contribution is -2.31. The number of carbonyl (C=O) groups is 1. The largest absolute Gasteiger partial charge is 0.308 e. The number of thioether (sulfide) groups is 1. The monoisotopic (exact) mass is 428 g/mol. The van der Waals surface area contributed by atoms with Crippen molar-refractivity contribution in [1.29, 1.82) is 0 Å². The second kappa shape index (κ2) is 9.94. The van der Waals surface area contributed by atoms with Crippen LogP contribution in [-0.4, -0.2) is 33.5 Å². The summed E-state index contributed by atoms with van der Waals surface area (Å²) in [7, 11) is 0. The van der Waals surface area contributed by atoms with Gasteiger partial charge in [0.2, 0.25) is 5.91 Å². The van der Waals surface area contributed by atoms with E-state index < -0.39 is 0 Å². The van der Waals surface area contributed by atoms with Crippen molar-refractivity contribution in [3.8, 4) is 5.69 Å². The van der Waals surface area contributed by atoms with Gasteiger partial charge in [-0.15, -0.1) is 0 Å². The lowest BCUT2D eigenvalue weighted by molar-refractivity contribution is -0.118. The summed E-state index contributed by atoms with van der Waals surface area (Å²) in [5, 5.41) is 4.75. The van der Waals surface area contributed by atoms with E-state index in [1.165, 1.54) is 11.1 Å². The average molecular weight is 429 g/mol. The second-order valence-corrected chi connectivity index (χ2v) is 8.02. The zero-order chi connectivity index (χ0) is 20.8. The van der Waals surface area contributed by atoms with Crippen LogP contribution in [0.2, 0.25) is 5.15 Å². The van der Waals surface area contributed by atoms with Crippen molar-refractivity contribution in [2.24, 2.45) is 0 Å². The zero-order valence-electron chi connectivity index (χ0n) is 16.9. The fourth-order valence-electron chi connectivity index (χ4n) is 3.25. The van der Waals surface area contributed by atoms with E-state index in [0.717, 1.165) is 12.1 Å². The molecule has 0 bridgehead atoms. The van der Waals surface area contributed by atoms with E-state index in [9.17, 15) is 4.79 Å². The SMILES string of the molecule is CCc1cccc(C(CC(=O)N(CC)c2cn(-c3cccnc3)nc2Cl)SC)c1. The van der Waals surface area contributed by atoms with Crippen LogP contribution in [0.5, 0.6) is 0 Å². The van der Waals surface area contributed by atoms with Crippen LogP contribution in [-0.2, 0) is 11.2 Å². The van der Waals surface area contributed by atoms with Crippen molar-refractivity contribution in [3.63, 3.8) is 0 Å². The molecule has 3 aromatic rings. The van der Waals surface area contributed by atoms with Gasteiger partial charge in [-0.2, -0.15) is 16.9 Å². The first-order valence-electron chi connectivity index (χ1n) is 9.64. The van der Waals surface area contributed by atoms with Crippen LogP contribution in [0.4, 0.5) is 5.69 Å². The molecule has 0 N–H and O–H groups in total. The highest BCUT2D eigenvalue weighted by molar-refractivity contribution is 7.98. The molecule has 0 aliphatic rings. The Bertz CT molecular complexity index is 960. The van der Waals surface area contributed by atoms with Crippen molar-refractivity contribution in [3.05, 3.63) is 71.3 Å². The normalized spacial score (nSPS) is 12.0. The molecule has 0 spiro atoms. The number of nitrogens with zero attached hydrogens (tertiary/aromatic N) is 4. The van der Waals surface area contributed by atoms with Gasteiger partial charge in [0.15, 0.2) is 5.15 Å². The molecule has 1 atom stereocenters. The van der Waals surface area contributed by atoms with Gasteiger partial charge in [-0.05, 0) is 42.9 Å². The summed E-state index contributed by atoms with van der Waals surface area (Å²) in [6, 6.07) is 12.2. The van der Waals surface area contributed by atoms with Gasteiger partial charge in [0, 0.05) is 24.4 Å². The first-order chi connectivity index (χ1) is 14.1. The molecule has 3 rings (SSSR count). The molecule has 2 aromatic heterocycles. The van der Waals surface area contributed by atoms with Crippen molar-refractivity contribution < 1.29 is 4.79 Å². The number of aryl methyl sites for hydroxylation is 1. The number of hydrogen-bond acceptors (Lipinski definition) is 4. The maximum Gasteiger partial charge on any atom is 0.228 e. The standard InChI is InChI=1S/C22H25ClN4OS/c1-4-16-8-6-9-17(12-16)20(29-3)13-21(28)26(5-2)19-15-27(25-22(19)23)18-10-7-11-24-14-18/h6-12,14-15,20H,4-5,13H2,1-3H3. The molecular weight excluding hydrogens is 404 g/mol. The van der Waals surface area contributed by atoms with Gasteiger partial charge in [-0.1, -0.05) is 42.8 Å². The van der Waals surface area contributed by atoms with Crippen LogP contribution >= 0.6 is 23.4 Å². The Balaban J connectivity index is 1.82. The van der Waals surface area contributed by atoms with E-state index in [4.69, 9.17) is 11.6 Å². The van der Waals surface area contributed by atoms with Crippen LogP contribution in [0.1, 0.15) is 36.6 Å². The number of halogens is 1. The molecule has 0 radical (unpaired) electrons. The van der Waals surface area contributed by atoms with E-state index in [0.29, 0.717) is 23.8 Å². The molecular formula is C22H25ClN4OS. The number of aromatic nitrogens is 3. The van der Waals surface area contributed by atoms with Gasteiger partial charge in [-0.3, -0.25) is 9.78 Å². The number of carbonyl (C=O) groups excluding carboxylic acids is 1. The summed E-state index contributed by atoms with van der Waals surface area (Å²) in [6.45, 7) is 4.61. The van der Waals surface area contributed by atoms with Gasteiger partial charge >= 0.3 is 0 Å². The minimum atomic E-state index is 0.0291. The second-order valence-electron chi connectivity index (χ2n) is 6.63. The Morgan fingerprint density at radius 1 is 1.28 bits per heavy atom. The Morgan fingerprint density at radius 2 is 2.10 bits per heavy atom. The molecule has 7 heteroatoms. The van der Waals surface area contributed by atoms with Crippen LogP contribution < -0.4 is 4.90 Å². The lowest BCUT2D eigenvalue weighted by Gasteiger charge is -2.23. The molecule has 0 aliphatic carbocycles. The Hall–Kier alpha value is -2.31. The van der Waals surface area contributed by atoms with Crippen molar-refractivity contribution in [1.82, 2.24) is 14.8 Å². The van der Waals surface area contributed by atoms with Gasteiger partial charge < -0.3 is 4.90 Å². The van der Waals surface area contributed by atoms with E-state index >= 15 is 0 Å². The van der Waals surface area contributed by atoms with E-state index in [2.05, 4.69) is 41.3 Å². The summed E-state index contributed by atoms with van der Waals surface area (Å²) in [5.74, 6) is 0.0291. The Kier molecular flexibility index (Phi) is 7.34. The molecule has 29 heavy (non-hydrogen) atoms. The van der Waals surface area contributed by atoms with Crippen LogP contribution in [0.15, 0.2) is 55.0 Å². The first-order valence-corrected chi connectivity index (χ1v) is 11.3. The third kappa shape index (κ3) is 5.00. The van der Waals surface area contributed by atoms with Crippen LogP contribution in [0, 0.1) is 0 Å². The summed E-state index contributed by atoms with van der Waals surface area (Å²) >= 11 is 8.08. The molecule has 0 fully saturated rings. The highest BCUT2D eigenvalue weighted by Crippen LogP contribution is 2.33. The van der Waals surface area contributed by atoms with Crippen LogP contribution in [0.3, 0.4) is 0 Å². The van der Waals surface area contributed by atoms with E-state index in [1.54, 1.807) is 39.9 Å². The predicted octanol–water partition coefficient (Wildman–Crippen LogP) is 5.33. The summed E-state index contributed by atoms with van der Waals surface area (Å²) in [6.07, 6.45) is 8.61. The van der Waals surface area contributed by atoms with Gasteiger partial charge in [0.25, 0.3) is 0 Å². The lowest BCUT2D eigenvalue weighted by atomic mass is 10.0. The minimum Gasteiger partial charge on any atom is -0.308 e.